The number of aliphatic hydroxyl groups is 1. The molecule has 29 heavy (non-hydrogen) atoms. The lowest BCUT2D eigenvalue weighted by molar-refractivity contribution is -0.292. The van der Waals surface area contributed by atoms with Gasteiger partial charge in [-0.25, -0.2) is 4.98 Å². The maximum Gasteiger partial charge on any atom is 0.421 e. The molecule has 1 aliphatic rings. The van der Waals surface area contributed by atoms with E-state index in [1.165, 1.54) is 30.5 Å². The largest absolute Gasteiger partial charge is 0.506 e. The van der Waals surface area contributed by atoms with Crippen molar-refractivity contribution in [2.45, 2.75) is 18.8 Å². The van der Waals surface area contributed by atoms with Gasteiger partial charge in [0.25, 0.3) is 0 Å². The smallest absolute Gasteiger partial charge is 0.421 e. The molecule has 1 N–H and O–H groups in total. The lowest BCUT2D eigenvalue weighted by Crippen LogP contribution is -2.32. The maximum atomic E-state index is 13.6. The molecule has 1 atom stereocenters. The number of pyridine rings is 1. The van der Waals surface area contributed by atoms with Gasteiger partial charge in [0, 0.05) is 36.8 Å². The number of aryl methyl sites for hydroxylation is 1. The number of aliphatic hydroxyl groups excluding tert-OH is 1. The first-order chi connectivity index (χ1) is 13.8. The van der Waals surface area contributed by atoms with Crippen LogP contribution in [0.1, 0.15) is 22.8 Å². The van der Waals surface area contributed by atoms with E-state index in [-0.39, 0.29) is 17.9 Å². The number of nitrogens with zero attached hydrogens (tertiary/aromatic N) is 4. The molecule has 0 saturated carbocycles. The summed E-state index contributed by atoms with van der Waals surface area (Å²) in [6, 6.07) is 7.36. The van der Waals surface area contributed by atoms with Gasteiger partial charge in [-0.05, 0) is 11.1 Å². The fourth-order valence-electron chi connectivity index (χ4n) is 3.20. The van der Waals surface area contributed by atoms with Gasteiger partial charge in [-0.15, -0.1) is 0 Å². The van der Waals surface area contributed by atoms with Crippen LogP contribution < -0.4 is 0 Å². The van der Waals surface area contributed by atoms with Gasteiger partial charge in [0.05, 0.1) is 24.8 Å². The van der Waals surface area contributed by atoms with Crippen molar-refractivity contribution >= 4 is 5.76 Å². The molecule has 1 aromatic carbocycles. The quantitative estimate of drug-likeness (QED) is 0.701. The highest BCUT2D eigenvalue weighted by Crippen LogP contribution is 2.39. The van der Waals surface area contributed by atoms with Gasteiger partial charge in [-0.1, -0.05) is 30.3 Å². The lowest BCUT2D eigenvalue weighted by Gasteiger charge is -2.31. The Balaban J connectivity index is 1.68. The molecule has 9 heteroatoms. The number of fused-ring (bicyclic) bond motifs is 1. The van der Waals surface area contributed by atoms with Gasteiger partial charge in [0.1, 0.15) is 5.76 Å². The van der Waals surface area contributed by atoms with E-state index >= 15 is 0 Å². The molecule has 0 spiro atoms. The number of hydroxylamine groups is 2. The lowest BCUT2D eigenvalue weighted by atomic mass is 9.99. The van der Waals surface area contributed by atoms with Crippen LogP contribution in [0.25, 0.3) is 17.0 Å². The van der Waals surface area contributed by atoms with Crippen molar-refractivity contribution in [2.75, 3.05) is 0 Å². The first kappa shape index (κ1) is 19.0. The second kappa shape index (κ2) is 7.25. The summed E-state index contributed by atoms with van der Waals surface area (Å²) >= 11 is 0. The average Bonchev–Trinajstić information content (AvgIpc) is 3.12. The molecule has 0 bridgehead atoms. The van der Waals surface area contributed by atoms with E-state index < -0.39 is 12.3 Å². The zero-order chi connectivity index (χ0) is 20.6. The molecule has 150 valence electrons. The van der Waals surface area contributed by atoms with Gasteiger partial charge in [-0.3, -0.25) is 14.9 Å². The van der Waals surface area contributed by atoms with E-state index in [0.29, 0.717) is 22.4 Å². The number of halogens is 3. The van der Waals surface area contributed by atoms with Crippen LogP contribution in [0.5, 0.6) is 0 Å². The van der Waals surface area contributed by atoms with Crippen LogP contribution >= 0.6 is 0 Å². The third-order valence-corrected chi connectivity index (χ3v) is 4.53. The SMILES string of the molecule is Cn1cnc(-c2cncc3c2CN(O[C@H](c2ccccc2)C(F)(F)F)C=C3O)c1. The summed E-state index contributed by atoms with van der Waals surface area (Å²) < 4.78 is 42.7. The summed E-state index contributed by atoms with van der Waals surface area (Å²) in [7, 11) is 1.81. The minimum absolute atomic E-state index is 0.00671. The maximum absolute atomic E-state index is 13.6. The third kappa shape index (κ3) is 3.81. The number of hydrogen-bond acceptors (Lipinski definition) is 5. The topological polar surface area (TPSA) is 63.4 Å². The van der Waals surface area contributed by atoms with Crippen LogP contribution in [0, 0.1) is 0 Å². The summed E-state index contributed by atoms with van der Waals surface area (Å²) in [4.78, 5) is 13.7. The molecule has 3 aromatic rings. The van der Waals surface area contributed by atoms with Crippen molar-refractivity contribution in [3.8, 4) is 11.3 Å². The van der Waals surface area contributed by atoms with Gasteiger partial charge in [-0.2, -0.15) is 13.2 Å². The highest BCUT2D eigenvalue weighted by molar-refractivity contribution is 5.72. The molecule has 0 amide bonds. The Labute approximate surface area is 164 Å². The van der Waals surface area contributed by atoms with E-state index in [1.807, 2.05) is 0 Å². The average molecular weight is 402 g/mol. The Morgan fingerprint density at radius 1 is 1.14 bits per heavy atom. The Morgan fingerprint density at radius 2 is 1.86 bits per heavy atom. The van der Waals surface area contributed by atoms with Crippen molar-refractivity contribution in [3.63, 3.8) is 0 Å². The van der Waals surface area contributed by atoms with Crippen molar-refractivity contribution in [1.82, 2.24) is 19.6 Å². The zero-order valence-corrected chi connectivity index (χ0v) is 15.3. The summed E-state index contributed by atoms with van der Waals surface area (Å²) in [5, 5.41) is 11.4. The van der Waals surface area contributed by atoms with E-state index in [0.717, 1.165) is 11.3 Å². The molecule has 1 aliphatic heterocycles. The fourth-order valence-corrected chi connectivity index (χ4v) is 3.20. The Hall–Kier alpha value is -3.33. The molecule has 0 radical (unpaired) electrons. The van der Waals surface area contributed by atoms with Gasteiger partial charge < -0.3 is 9.67 Å². The normalized spacial score (nSPS) is 15.0. The first-order valence-electron chi connectivity index (χ1n) is 8.74. The summed E-state index contributed by atoms with van der Waals surface area (Å²) in [5.74, 6) is -0.231. The van der Waals surface area contributed by atoms with Gasteiger partial charge >= 0.3 is 6.18 Å². The van der Waals surface area contributed by atoms with Crippen LogP contribution in [0.15, 0.2) is 61.4 Å². The molecular formula is C20H17F3N4O2. The molecule has 2 aromatic heterocycles. The summed E-state index contributed by atoms with van der Waals surface area (Å²) in [6.07, 6.45) is 0.729. The molecule has 0 saturated heterocycles. The molecule has 0 aliphatic carbocycles. The number of rotatable bonds is 4. The minimum Gasteiger partial charge on any atom is -0.506 e. The molecule has 3 heterocycles. The summed E-state index contributed by atoms with van der Waals surface area (Å²) in [5.41, 5.74) is 2.18. The highest BCUT2D eigenvalue weighted by atomic mass is 19.4. The van der Waals surface area contributed by atoms with Crippen molar-refractivity contribution in [3.05, 3.63) is 78.1 Å². The molecule has 6 nitrogen and oxygen atoms in total. The van der Waals surface area contributed by atoms with Crippen LogP contribution in [-0.2, 0) is 18.4 Å². The minimum atomic E-state index is -4.63. The van der Waals surface area contributed by atoms with E-state index in [4.69, 9.17) is 4.84 Å². The Morgan fingerprint density at radius 3 is 2.52 bits per heavy atom. The Bertz CT molecular complexity index is 1050. The Kier molecular flexibility index (Phi) is 4.75. The number of benzene rings is 1. The van der Waals surface area contributed by atoms with Gasteiger partial charge in [0.15, 0.2) is 0 Å². The molecule has 4 rings (SSSR count). The number of hydrogen-bond donors (Lipinski definition) is 1. The zero-order valence-electron chi connectivity index (χ0n) is 15.3. The van der Waals surface area contributed by atoms with Crippen molar-refractivity contribution in [1.29, 1.82) is 0 Å². The molecule has 0 unspecified atom stereocenters. The third-order valence-electron chi connectivity index (χ3n) is 4.53. The van der Waals surface area contributed by atoms with Crippen molar-refractivity contribution < 1.29 is 23.1 Å². The molecule has 0 fully saturated rings. The standard InChI is InChI=1S/C20H17F3N4O2/c1-26-10-17(25-12-26)14-7-24-8-15-16(14)9-27(11-18(15)28)29-19(20(21,22)23)13-5-3-2-4-6-13/h2-8,10-12,19,28H,9H2,1H3/t19-/m1/s1. The summed E-state index contributed by atoms with van der Waals surface area (Å²) in [6.45, 7) is -0.00671. The molecular weight excluding hydrogens is 385 g/mol. The van der Waals surface area contributed by atoms with E-state index in [2.05, 4.69) is 9.97 Å². The second-order valence-electron chi connectivity index (χ2n) is 6.66. The second-order valence-corrected chi connectivity index (χ2v) is 6.66. The highest BCUT2D eigenvalue weighted by Gasteiger charge is 2.44. The first-order valence-corrected chi connectivity index (χ1v) is 8.74. The van der Waals surface area contributed by atoms with Crippen LogP contribution in [0.4, 0.5) is 13.2 Å². The van der Waals surface area contributed by atoms with Crippen molar-refractivity contribution in [2.24, 2.45) is 7.05 Å². The number of alkyl halides is 3. The number of aromatic nitrogens is 3. The van der Waals surface area contributed by atoms with Crippen LogP contribution in [-0.4, -0.2) is 30.9 Å². The predicted molar refractivity (Wildman–Crippen MR) is 98.9 cm³/mol. The van der Waals surface area contributed by atoms with E-state index in [1.54, 1.807) is 36.4 Å². The number of imidazole rings is 1. The predicted octanol–water partition coefficient (Wildman–Crippen LogP) is 4.39. The van der Waals surface area contributed by atoms with Crippen LogP contribution in [0.3, 0.4) is 0 Å². The fraction of sp³-hybridized carbons (Fsp3) is 0.200. The van der Waals surface area contributed by atoms with E-state index in [9.17, 15) is 18.3 Å². The van der Waals surface area contributed by atoms with Gasteiger partial charge in [0.2, 0.25) is 6.10 Å². The monoisotopic (exact) mass is 402 g/mol. The van der Waals surface area contributed by atoms with Crippen LogP contribution in [0.2, 0.25) is 0 Å².